The number of nitrogens with one attached hydrogen (secondary N) is 3. The van der Waals surface area contributed by atoms with E-state index in [-0.39, 0.29) is 11.6 Å². The number of anilines is 1. The van der Waals surface area contributed by atoms with Crippen molar-refractivity contribution in [2.24, 2.45) is 0 Å². The molecule has 1 aliphatic heterocycles. The smallest absolute Gasteiger partial charge is 0.293 e. The number of piperazine rings is 1. The number of hydrogen-bond donors (Lipinski definition) is 3. The van der Waals surface area contributed by atoms with Crippen molar-refractivity contribution < 1.29 is 9.72 Å². The van der Waals surface area contributed by atoms with Crippen molar-refractivity contribution in [2.75, 3.05) is 44.6 Å². The van der Waals surface area contributed by atoms with Crippen molar-refractivity contribution in [3.05, 3.63) is 33.9 Å². The Morgan fingerprint density at radius 2 is 2.08 bits per heavy atom. The van der Waals surface area contributed by atoms with E-state index in [2.05, 4.69) is 20.9 Å². The molecule has 1 aliphatic carbocycles. The van der Waals surface area contributed by atoms with Gasteiger partial charge >= 0.3 is 0 Å². The molecule has 0 spiro atoms. The first-order valence-corrected chi connectivity index (χ1v) is 8.40. The Hall–Kier alpha value is -2.19. The summed E-state index contributed by atoms with van der Waals surface area (Å²) < 4.78 is 0. The van der Waals surface area contributed by atoms with E-state index in [0.29, 0.717) is 23.8 Å². The van der Waals surface area contributed by atoms with Crippen LogP contribution in [0.4, 0.5) is 11.4 Å². The van der Waals surface area contributed by atoms with Crippen molar-refractivity contribution in [3.8, 4) is 0 Å². The zero-order valence-electron chi connectivity index (χ0n) is 13.6. The number of rotatable bonds is 7. The molecule has 3 N–H and O–H groups in total. The van der Waals surface area contributed by atoms with Gasteiger partial charge in [0.2, 0.25) is 0 Å². The fourth-order valence-electron chi connectivity index (χ4n) is 2.76. The Morgan fingerprint density at radius 1 is 1.33 bits per heavy atom. The molecule has 1 aromatic carbocycles. The first-order valence-electron chi connectivity index (χ1n) is 8.40. The minimum absolute atomic E-state index is 0.0448. The fourth-order valence-corrected chi connectivity index (χ4v) is 2.76. The molecule has 1 saturated heterocycles. The average molecular weight is 333 g/mol. The van der Waals surface area contributed by atoms with Gasteiger partial charge in [-0.05, 0) is 25.0 Å². The number of hydrogen-bond acceptors (Lipinski definition) is 6. The number of carbonyl (C=O) groups excluding carboxylic acids is 1. The molecule has 1 saturated carbocycles. The maximum Gasteiger partial charge on any atom is 0.293 e. The maximum atomic E-state index is 12.2. The molecule has 8 nitrogen and oxygen atoms in total. The van der Waals surface area contributed by atoms with Crippen LogP contribution < -0.4 is 16.0 Å². The van der Waals surface area contributed by atoms with E-state index in [4.69, 9.17) is 0 Å². The van der Waals surface area contributed by atoms with Crippen molar-refractivity contribution in [1.29, 1.82) is 0 Å². The Morgan fingerprint density at radius 3 is 2.75 bits per heavy atom. The number of nitro groups is 1. The monoisotopic (exact) mass is 333 g/mol. The van der Waals surface area contributed by atoms with Crippen LogP contribution in [0.3, 0.4) is 0 Å². The van der Waals surface area contributed by atoms with Crippen molar-refractivity contribution in [2.45, 2.75) is 18.9 Å². The number of carbonyl (C=O) groups is 1. The van der Waals surface area contributed by atoms with Crippen molar-refractivity contribution in [3.63, 3.8) is 0 Å². The highest BCUT2D eigenvalue weighted by atomic mass is 16.6. The van der Waals surface area contributed by atoms with Gasteiger partial charge in [0, 0.05) is 56.9 Å². The molecular weight excluding hydrogens is 310 g/mol. The molecule has 1 heterocycles. The Balaban J connectivity index is 1.57. The maximum absolute atomic E-state index is 12.2. The van der Waals surface area contributed by atoms with E-state index in [1.807, 2.05) is 0 Å². The van der Waals surface area contributed by atoms with Crippen LogP contribution in [0, 0.1) is 10.1 Å². The molecule has 3 rings (SSSR count). The zero-order chi connectivity index (χ0) is 16.9. The van der Waals surface area contributed by atoms with E-state index in [0.717, 1.165) is 45.6 Å². The van der Waals surface area contributed by atoms with Crippen LogP contribution in [0.5, 0.6) is 0 Å². The van der Waals surface area contributed by atoms with E-state index in [1.165, 1.54) is 6.07 Å². The summed E-state index contributed by atoms with van der Waals surface area (Å²) in [4.78, 5) is 25.3. The highest BCUT2D eigenvalue weighted by molar-refractivity contribution is 5.95. The molecular formula is C16H23N5O3. The van der Waals surface area contributed by atoms with Crippen LogP contribution >= 0.6 is 0 Å². The first-order chi connectivity index (χ1) is 11.6. The highest BCUT2D eigenvalue weighted by Crippen LogP contribution is 2.31. The molecule has 2 aliphatic rings. The average Bonchev–Trinajstić information content (AvgIpc) is 3.40. The van der Waals surface area contributed by atoms with Gasteiger partial charge in [-0.25, -0.2) is 0 Å². The second-order valence-electron chi connectivity index (χ2n) is 6.26. The van der Waals surface area contributed by atoms with Gasteiger partial charge < -0.3 is 16.0 Å². The minimum Gasteiger partial charge on any atom is -0.377 e. The molecule has 2 fully saturated rings. The van der Waals surface area contributed by atoms with E-state index in [9.17, 15) is 14.9 Å². The lowest BCUT2D eigenvalue weighted by atomic mass is 10.1. The van der Waals surface area contributed by atoms with Gasteiger partial charge in [0.15, 0.2) is 0 Å². The van der Waals surface area contributed by atoms with Crippen LogP contribution in [-0.2, 0) is 0 Å². The van der Waals surface area contributed by atoms with Crippen LogP contribution in [0.25, 0.3) is 0 Å². The standard InChI is InChI=1S/C16H23N5O3/c22-16(18-7-10-20-8-5-17-6-9-20)12-1-4-14(19-13-2-3-13)15(11-12)21(23)24/h1,4,11,13,17,19H,2-3,5-10H2,(H,18,22). The van der Waals surface area contributed by atoms with E-state index < -0.39 is 4.92 Å². The molecule has 0 atom stereocenters. The van der Waals surface area contributed by atoms with Gasteiger partial charge in [-0.3, -0.25) is 19.8 Å². The number of nitro benzene ring substituents is 1. The number of nitrogens with zero attached hydrogens (tertiary/aromatic N) is 2. The summed E-state index contributed by atoms with van der Waals surface area (Å²) in [6, 6.07) is 4.94. The van der Waals surface area contributed by atoms with Crippen molar-refractivity contribution >= 4 is 17.3 Å². The third-order valence-electron chi connectivity index (χ3n) is 4.32. The lowest BCUT2D eigenvalue weighted by Crippen LogP contribution is -2.46. The zero-order valence-corrected chi connectivity index (χ0v) is 13.6. The molecule has 0 unspecified atom stereocenters. The fraction of sp³-hybridized carbons (Fsp3) is 0.562. The molecule has 1 aromatic rings. The third kappa shape index (κ3) is 4.42. The lowest BCUT2D eigenvalue weighted by molar-refractivity contribution is -0.384. The SMILES string of the molecule is O=C(NCCN1CCNCC1)c1ccc(NC2CC2)c([N+](=O)[O-])c1. The van der Waals surface area contributed by atoms with Gasteiger partial charge in [0.1, 0.15) is 5.69 Å². The van der Waals surface area contributed by atoms with Crippen LogP contribution in [0.15, 0.2) is 18.2 Å². The number of benzene rings is 1. The second-order valence-corrected chi connectivity index (χ2v) is 6.26. The highest BCUT2D eigenvalue weighted by Gasteiger charge is 2.25. The quantitative estimate of drug-likeness (QED) is 0.504. The first kappa shape index (κ1) is 16.7. The summed E-state index contributed by atoms with van der Waals surface area (Å²) in [6.45, 7) is 5.21. The van der Waals surface area contributed by atoms with Gasteiger partial charge in [-0.2, -0.15) is 0 Å². The summed E-state index contributed by atoms with van der Waals surface area (Å²) in [6.07, 6.45) is 2.07. The van der Waals surface area contributed by atoms with E-state index in [1.54, 1.807) is 12.1 Å². The predicted molar refractivity (Wildman–Crippen MR) is 91.4 cm³/mol. The molecule has 1 amide bonds. The normalized spacial score (nSPS) is 18.2. The molecule has 0 bridgehead atoms. The van der Waals surface area contributed by atoms with Gasteiger partial charge in [0.05, 0.1) is 4.92 Å². The topological polar surface area (TPSA) is 99.5 Å². The Kier molecular flexibility index (Phi) is 5.27. The van der Waals surface area contributed by atoms with Gasteiger partial charge in [-0.1, -0.05) is 0 Å². The summed E-state index contributed by atoms with van der Waals surface area (Å²) in [7, 11) is 0. The Bertz CT molecular complexity index is 612. The summed E-state index contributed by atoms with van der Waals surface area (Å²) in [5.41, 5.74) is 0.764. The predicted octanol–water partition coefficient (Wildman–Crippen LogP) is 0.804. The molecule has 8 heteroatoms. The molecule has 0 radical (unpaired) electrons. The third-order valence-corrected chi connectivity index (χ3v) is 4.32. The van der Waals surface area contributed by atoms with Crippen LogP contribution in [0.1, 0.15) is 23.2 Å². The number of amides is 1. The molecule has 130 valence electrons. The van der Waals surface area contributed by atoms with E-state index >= 15 is 0 Å². The lowest BCUT2D eigenvalue weighted by Gasteiger charge is -2.27. The Labute approximate surface area is 140 Å². The second kappa shape index (κ2) is 7.59. The summed E-state index contributed by atoms with van der Waals surface area (Å²) in [5.74, 6) is -0.272. The largest absolute Gasteiger partial charge is 0.377 e. The molecule has 0 aromatic heterocycles. The molecule has 24 heavy (non-hydrogen) atoms. The van der Waals surface area contributed by atoms with Gasteiger partial charge in [0.25, 0.3) is 11.6 Å². The van der Waals surface area contributed by atoms with Crippen LogP contribution in [0.2, 0.25) is 0 Å². The van der Waals surface area contributed by atoms with Crippen molar-refractivity contribution in [1.82, 2.24) is 15.5 Å². The minimum atomic E-state index is -0.442. The van der Waals surface area contributed by atoms with Crippen LogP contribution in [-0.4, -0.2) is 61.0 Å². The summed E-state index contributed by atoms with van der Waals surface area (Å²) in [5, 5.41) is 20.5. The van der Waals surface area contributed by atoms with Gasteiger partial charge in [-0.15, -0.1) is 0 Å². The summed E-state index contributed by atoms with van der Waals surface area (Å²) >= 11 is 0.